The third-order valence-electron chi connectivity index (χ3n) is 12.8. The molecule has 0 bridgehead atoms. The first kappa shape index (κ1) is 36.9. The summed E-state index contributed by atoms with van der Waals surface area (Å²) < 4.78 is 0. The van der Waals surface area contributed by atoms with Crippen LogP contribution in [0.3, 0.4) is 0 Å². The molecular weight excluding hydrogens is 743 g/mol. The summed E-state index contributed by atoms with van der Waals surface area (Å²) in [5.41, 5.74) is 12.6. The molecule has 1 aromatic heterocycles. The second kappa shape index (κ2) is 15.8. The number of benzene rings is 6. The molecule has 4 aliphatic rings. The highest BCUT2D eigenvalue weighted by molar-refractivity contribution is 6.15. The second-order valence-electron chi connectivity index (χ2n) is 16.5. The molecule has 3 aliphatic carbocycles. The van der Waals surface area contributed by atoms with Gasteiger partial charge in [0.15, 0.2) is 23.3 Å². The van der Waals surface area contributed by atoms with Crippen molar-refractivity contribution in [2.24, 2.45) is 27.7 Å². The van der Waals surface area contributed by atoms with Crippen LogP contribution in [0.15, 0.2) is 192 Å². The molecule has 11 rings (SSSR count). The Morgan fingerprint density at radius 3 is 2.07 bits per heavy atom. The zero-order chi connectivity index (χ0) is 40.7. The highest BCUT2D eigenvalue weighted by Gasteiger charge is 2.41. The first-order valence-electron chi connectivity index (χ1n) is 21.7. The number of amidine groups is 1. The molecule has 6 aromatic carbocycles. The van der Waals surface area contributed by atoms with E-state index in [1.807, 2.05) is 6.07 Å². The second-order valence-corrected chi connectivity index (χ2v) is 16.5. The molecule has 5 nitrogen and oxygen atoms in total. The third-order valence-corrected chi connectivity index (χ3v) is 12.8. The summed E-state index contributed by atoms with van der Waals surface area (Å²) in [6.07, 6.45) is 17.2. The SMILES string of the molecule is CCC1C(c2ccccc2)=NC(c2ccccc2)=NC1c1ccc(-c2ccc3ccccc3c2-c2ccc(-c3nc(C4=CC=CCC4)nc(C4=CC=CC5CC45)n3)cc2)cc1. The van der Waals surface area contributed by atoms with E-state index in [0.29, 0.717) is 11.8 Å². The van der Waals surface area contributed by atoms with Crippen LogP contribution in [0.2, 0.25) is 0 Å². The molecule has 2 heterocycles. The first-order valence-corrected chi connectivity index (χ1v) is 21.7. The molecule has 0 N–H and O–H groups in total. The summed E-state index contributed by atoms with van der Waals surface area (Å²) in [7, 11) is 0. The van der Waals surface area contributed by atoms with Gasteiger partial charge in [-0.25, -0.2) is 19.9 Å². The van der Waals surface area contributed by atoms with Crippen LogP contribution < -0.4 is 0 Å². The maximum atomic E-state index is 5.36. The van der Waals surface area contributed by atoms with Crippen molar-refractivity contribution in [2.75, 3.05) is 0 Å². The van der Waals surface area contributed by atoms with Gasteiger partial charge in [-0.05, 0) is 87.2 Å². The van der Waals surface area contributed by atoms with E-state index < -0.39 is 0 Å². The van der Waals surface area contributed by atoms with Gasteiger partial charge in [-0.2, -0.15) is 0 Å². The van der Waals surface area contributed by atoms with E-state index in [0.717, 1.165) is 81.7 Å². The van der Waals surface area contributed by atoms with Gasteiger partial charge in [0.2, 0.25) is 0 Å². The number of aliphatic imine (C=N–C) groups is 2. The average molecular weight is 788 g/mol. The van der Waals surface area contributed by atoms with Crippen molar-refractivity contribution in [1.82, 2.24) is 15.0 Å². The minimum atomic E-state index is -0.0653. The smallest absolute Gasteiger partial charge is 0.164 e. The predicted octanol–water partition coefficient (Wildman–Crippen LogP) is 13.4. The molecule has 1 fully saturated rings. The van der Waals surface area contributed by atoms with Crippen molar-refractivity contribution < 1.29 is 0 Å². The van der Waals surface area contributed by atoms with Gasteiger partial charge in [-0.1, -0.05) is 189 Å². The summed E-state index contributed by atoms with van der Waals surface area (Å²) in [6, 6.07) is 52.0. The molecule has 0 spiro atoms. The Kier molecular flexibility index (Phi) is 9.58. The number of hydrogen-bond acceptors (Lipinski definition) is 5. The number of allylic oxidation sites excluding steroid dienone is 8. The molecule has 61 heavy (non-hydrogen) atoms. The van der Waals surface area contributed by atoms with Crippen LogP contribution in [-0.4, -0.2) is 26.5 Å². The monoisotopic (exact) mass is 787 g/mol. The van der Waals surface area contributed by atoms with Gasteiger partial charge >= 0.3 is 0 Å². The van der Waals surface area contributed by atoms with Crippen LogP contribution in [0.4, 0.5) is 0 Å². The number of hydrogen-bond donors (Lipinski definition) is 0. The fraction of sp³-hybridized carbons (Fsp3) is 0.161. The normalized spacial score (nSPS) is 20.3. The lowest BCUT2D eigenvalue weighted by Crippen LogP contribution is -2.28. The third kappa shape index (κ3) is 7.10. The number of fused-ring (bicyclic) bond motifs is 2. The van der Waals surface area contributed by atoms with Gasteiger partial charge in [0.1, 0.15) is 0 Å². The van der Waals surface area contributed by atoms with E-state index in [9.17, 15) is 0 Å². The van der Waals surface area contributed by atoms with Gasteiger partial charge < -0.3 is 0 Å². The van der Waals surface area contributed by atoms with Crippen LogP contribution in [0.1, 0.15) is 67.0 Å². The van der Waals surface area contributed by atoms with Crippen molar-refractivity contribution in [1.29, 1.82) is 0 Å². The maximum Gasteiger partial charge on any atom is 0.164 e. The van der Waals surface area contributed by atoms with E-state index in [-0.39, 0.29) is 12.0 Å². The average Bonchev–Trinajstić information content (AvgIpc) is 4.15. The molecule has 0 saturated heterocycles. The van der Waals surface area contributed by atoms with Crippen molar-refractivity contribution in [3.05, 3.63) is 210 Å². The number of aromatic nitrogens is 3. The molecule has 5 heteroatoms. The van der Waals surface area contributed by atoms with Crippen molar-refractivity contribution in [2.45, 2.75) is 38.6 Å². The van der Waals surface area contributed by atoms with Gasteiger partial charge in [-0.3, -0.25) is 4.99 Å². The molecule has 1 aliphatic heterocycles. The minimum absolute atomic E-state index is 0.0653. The number of rotatable bonds is 9. The van der Waals surface area contributed by atoms with Gasteiger partial charge in [-0.15, -0.1) is 0 Å². The van der Waals surface area contributed by atoms with Crippen molar-refractivity contribution in [3.8, 4) is 33.6 Å². The Labute approximate surface area is 357 Å². The summed E-state index contributed by atoms with van der Waals surface area (Å²) >= 11 is 0. The quantitative estimate of drug-likeness (QED) is 0.146. The minimum Gasteiger partial charge on any atom is -0.257 e. The summed E-state index contributed by atoms with van der Waals surface area (Å²) in [5.74, 6) is 4.34. The van der Waals surface area contributed by atoms with E-state index in [2.05, 4.69) is 183 Å². The van der Waals surface area contributed by atoms with E-state index in [1.54, 1.807) is 0 Å². The Bertz CT molecular complexity index is 2970. The molecular formula is C56H45N5. The van der Waals surface area contributed by atoms with Gasteiger partial charge in [0, 0.05) is 22.6 Å². The standard InChI is InChI=1S/C56H45N5/c1-2-45-51(39-16-6-3-7-17-39)57-53(41-18-8-4-9-19-41)58-52(45)40-29-25-37(26-30-40)47-34-33-36-15-12-13-23-46(36)50(47)38-27-31-43(32-28-38)55-59-54(42-20-10-5-11-21-42)60-56(61-55)48-24-14-22-44-35-49(44)48/h3-10,12-20,22-34,44-45,49,52H,2,11,21,35H2,1H3. The highest BCUT2D eigenvalue weighted by atomic mass is 15.0. The summed E-state index contributed by atoms with van der Waals surface area (Å²) in [6.45, 7) is 2.25. The van der Waals surface area contributed by atoms with Crippen LogP contribution >= 0.6 is 0 Å². The lowest BCUT2D eigenvalue weighted by Gasteiger charge is -2.30. The Morgan fingerprint density at radius 1 is 0.590 bits per heavy atom. The van der Waals surface area contributed by atoms with Crippen LogP contribution in [-0.2, 0) is 0 Å². The summed E-state index contributed by atoms with van der Waals surface area (Å²) in [4.78, 5) is 25.9. The summed E-state index contributed by atoms with van der Waals surface area (Å²) in [5, 5.41) is 2.43. The Hall–Kier alpha value is -7.11. The zero-order valence-corrected chi connectivity index (χ0v) is 34.2. The van der Waals surface area contributed by atoms with E-state index >= 15 is 0 Å². The lowest BCUT2D eigenvalue weighted by molar-refractivity contribution is 0.532. The molecule has 7 aromatic rings. The fourth-order valence-corrected chi connectivity index (χ4v) is 9.42. The molecule has 294 valence electrons. The van der Waals surface area contributed by atoms with Gasteiger partial charge in [0.05, 0.1) is 11.8 Å². The van der Waals surface area contributed by atoms with Crippen molar-refractivity contribution in [3.63, 3.8) is 0 Å². The molecule has 4 unspecified atom stereocenters. The Balaban J connectivity index is 0.966. The lowest BCUT2D eigenvalue weighted by atomic mass is 9.82. The van der Waals surface area contributed by atoms with Crippen LogP contribution in [0.25, 0.3) is 55.6 Å². The van der Waals surface area contributed by atoms with Crippen molar-refractivity contribution >= 4 is 33.5 Å². The molecule has 1 saturated carbocycles. The first-order chi connectivity index (χ1) is 30.2. The predicted molar refractivity (Wildman–Crippen MR) is 251 cm³/mol. The Morgan fingerprint density at radius 2 is 1.30 bits per heavy atom. The topological polar surface area (TPSA) is 63.4 Å². The molecule has 0 radical (unpaired) electrons. The largest absolute Gasteiger partial charge is 0.257 e. The van der Waals surface area contributed by atoms with Crippen LogP contribution in [0.5, 0.6) is 0 Å². The highest BCUT2D eigenvalue weighted by Crippen LogP contribution is 2.50. The number of nitrogens with zero attached hydrogens (tertiary/aromatic N) is 5. The van der Waals surface area contributed by atoms with E-state index in [1.165, 1.54) is 39.5 Å². The zero-order valence-electron chi connectivity index (χ0n) is 34.2. The molecule has 0 amide bonds. The fourth-order valence-electron chi connectivity index (χ4n) is 9.42. The van der Waals surface area contributed by atoms with Gasteiger partial charge in [0.25, 0.3) is 0 Å². The van der Waals surface area contributed by atoms with E-state index in [4.69, 9.17) is 24.9 Å². The molecule has 4 atom stereocenters. The maximum absolute atomic E-state index is 5.36. The van der Waals surface area contributed by atoms with Crippen LogP contribution in [0, 0.1) is 17.8 Å².